The maximum Gasteiger partial charge on any atom is 0.303 e. The van der Waals surface area contributed by atoms with Crippen molar-refractivity contribution in [3.05, 3.63) is 28.2 Å². The summed E-state index contributed by atoms with van der Waals surface area (Å²) < 4.78 is 5.78. The molecule has 0 radical (unpaired) electrons. The number of carboxylic acids is 1. The summed E-state index contributed by atoms with van der Waals surface area (Å²) >= 11 is 3.33. The Morgan fingerprint density at radius 3 is 2.75 bits per heavy atom. The zero-order chi connectivity index (χ0) is 15.1. The molecule has 1 amide bonds. The van der Waals surface area contributed by atoms with Crippen molar-refractivity contribution < 1.29 is 19.4 Å². The van der Waals surface area contributed by atoms with Gasteiger partial charge in [0.15, 0.2) is 0 Å². The maximum atomic E-state index is 12.1. The number of hydrogen-bond donors (Lipinski definition) is 2. The summed E-state index contributed by atoms with van der Waals surface area (Å²) in [5.41, 5.74) is 0.495. The lowest BCUT2D eigenvalue weighted by molar-refractivity contribution is -0.137. The van der Waals surface area contributed by atoms with Crippen LogP contribution in [0.3, 0.4) is 0 Å². The molecule has 1 unspecified atom stereocenters. The number of ether oxygens (including phenoxy) is 1. The van der Waals surface area contributed by atoms with Gasteiger partial charge in [0.1, 0.15) is 5.75 Å². The van der Waals surface area contributed by atoms with E-state index in [1.165, 1.54) is 0 Å². The van der Waals surface area contributed by atoms with E-state index >= 15 is 0 Å². The number of methoxy groups -OCH3 is 1. The number of benzene rings is 1. The highest BCUT2D eigenvalue weighted by Gasteiger charge is 2.14. The van der Waals surface area contributed by atoms with Crippen molar-refractivity contribution in [2.45, 2.75) is 32.2 Å². The van der Waals surface area contributed by atoms with Gasteiger partial charge in [0.2, 0.25) is 0 Å². The first-order chi connectivity index (χ1) is 9.43. The van der Waals surface area contributed by atoms with Crippen LogP contribution < -0.4 is 10.1 Å². The molecule has 110 valence electrons. The zero-order valence-electron chi connectivity index (χ0n) is 11.5. The molecule has 20 heavy (non-hydrogen) atoms. The van der Waals surface area contributed by atoms with Gasteiger partial charge in [-0.3, -0.25) is 9.59 Å². The van der Waals surface area contributed by atoms with Crippen molar-refractivity contribution in [3.63, 3.8) is 0 Å². The second-order valence-corrected chi connectivity index (χ2v) is 5.36. The van der Waals surface area contributed by atoms with Gasteiger partial charge < -0.3 is 15.2 Å². The van der Waals surface area contributed by atoms with Gasteiger partial charge in [-0.05, 0) is 53.9 Å². The van der Waals surface area contributed by atoms with Crippen LogP contribution in [0.25, 0.3) is 0 Å². The summed E-state index contributed by atoms with van der Waals surface area (Å²) in [5, 5.41) is 11.4. The molecular weight excluding hydrogens is 326 g/mol. The fraction of sp³-hybridized carbons (Fsp3) is 0.429. The number of amides is 1. The molecule has 0 fully saturated rings. The Kier molecular flexibility index (Phi) is 6.51. The molecule has 1 aromatic carbocycles. The smallest absolute Gasteiger partial charge is 0.303 e. The number of nitrogens with one attached hydrogen (secondary N) is 1. The van der Waals surface area contributed by atoms with Crippen LogP contribution in [0.1, 0.15) is 36.5 Å². The minimum atomic E-state index is -0.820. The first-order valence-corrected chi connectivity index (χ1v) is 7.09. The van der Waals surface area contributed by atoms with Crippen molar-refractivity contribution in [1.29, 1.82) is 0 Å². The van der Waals surface area contributed by atoms with E-state index in [2.05, 4.69) is 21.2 Å². The number of halogens is 1. The summed E-state index contributed by atoms with van der Waals surface area (Å²) in [4.78, 5) is 22.6. The van der Waals surface area contributed by atoms with Crippen LogP contribution in [0.4, 0.5) is 0 Å². The lowest BCUT2D eigenvalue weighted by Gasteiger charge is -2.14. The molecule has 1 aromatic rings. The van der Waals surface area contributed by atoms with Crippen LogP contribution in [-0.4, -0.2) is 30.1 Å². The fourth-order valence-corrected chi connectivity index (χ4v) is 2.17. The van der Waals surface area contributed by atoms with E-state index in [0.717, 1.165) is 0 Å². The molecule has 0 aliphatic carbocycles. The molecule has 0 heterocycles. The summed E-state index contributed by atoms with van der Waals surface area (Å²) in [6, 6.07) is 5.09. The van der Waals surface area contributed by atoms with E-state index in [1.54, 1.807) is 25.3 Å². The highest BCUT2D eigenvalue weighted by atomic mass is 79.9. The van der Waals surface area contributed by atoms with E-state index < -0.39 is 5.97 Å². The molecule has 0 saturated carbocycles. The predicted molar refractivity (Wildman–Crippen MR) is 79.1 cm³/mol. The molecule has 0 aromatic heterocycles. The molecule has 6 heteroatoms. The molecule has 0 spiro atoms. The van der Waals surface area contributed by atoms with Crippen molar-refractivity contribution >= 4 is 27.8 Å². The zero-order valence-corrected chi connectivity index (χ0v) is 13.1. The molecular formula is C14H18BrNO4. The summed E-state index contributed by atoms with van der Waals surface area (Å²) in [6.45, 7) is 1.85. The molecule has 0 saturated heterocycles. The highest BCUT2D eigenvalue weighted by Crippen LogP contribution is 2.22. The van der Waals surface area contributed by atoms with Gasteiger partial charge in [0, 0.05) is 16.9 Å². The van der Waals surface area contributed by atoms with Crippen molar-refractivity contribution in [2.24, 2.45) is 0 Å². The average Bonchev–Trinajstić information content (AvgIpc) is 2.38. The first kappa shape index (κ1) is 16.5. The number of carbonyl (C=O) groups excluding carboxylic acids is 1. The maximum absolute atomic E-state index is 12.1. The number of carbonyl (C=O) groups is 2. The van der Waals surface area contributed by atoms with Crippen LogP contribution in [-0.2, 0) is 4.79 Å². The lowest BCUT2D eigenvalue weighted by atomic mass is 10.1. The Hall–Kier alpha value is -1.56. The lowest BCUT2D eigenvalue weighted by Crippen LogP contribution is -2.32. The van der Waals surface area contributed by atoms with Crippen LogP contribution >= 0.6 is 15.9 Å². The van der Waals surface area contributed by atoms with E-state index in [4.69, 9.17) is 9.84 Å². The number of aliphatic carboxylic acids is 1. The van der Waals surface area contributed by atoms with Crippen molar-refractivity contribution in [2.75, 3.05) is 7.11 Å². The van der Waals surface area contributed by atoms with Crippen LogP contribution in [0, 0.1) is 0 Å². The van der Waals surface area contributed by atoms with Gasteiger partial charge in [-0.25, -0.2) is 0 Å². The summed E-state index contributed by atoms with van der Waals surface area (Å²) in [5.74, 6) is -0.422. The monoisotopic (exact) mass is 343 g/mol. The minimum Gasteiger partial charge on any atom is -0.497 e. The Balaban J connectivity index is 2.59. The molecule has 0 bridgehead atoms. The van der Waals surface area contributed by atoms with E-state index in [0.29, 0.717) is 28.6 Å². The molecule has 2 N–H and O–H groups in total. The third-order valence-electron chi connectivity index (χ3n) is 2.82. The van der Waals surface area contributed by atoms with E-state index in [9.17, 15) is 9.59 Å². The minimum absolute atomic E-state index is 0.0834. The molecule has 1 atom stereocenters. The number of hydrogen-bond acceptors (Lipinski definition) is 3. The van der Waals surface area contributed by atoms with Gasteiger partial charge in [-0.2, -0.15) is 0 Å². The fourth-order valence-electron chi connectivity index (χ4n) is 1.74. The van der Waals surface area contributed by atoms with E-state index in [1.807, 2.05) is 6.92 Å². The third kappa shape index (κ3) is 5.21. The largest absolute Gasteiger partial charge is 0.497 e. The molecule has 0 aliphatic heterocycles. The number of carboxylic acid groups (broad SMARTS) is 1. The standard InChI is InChI=1S/C14H18BrNO4/c1-9(4-3-5-13(17)18)16-14(19)11-8-10(20-2)6-7-12(11)15/h6-9H,3-5H2,1-2H3,(H,16,19)(H,17,18). The van der Waals surface area contributed by atoms with Crippen molar-refractivity contribution in [3.8, 4) is 5.75 Å². The quantitative estimate of drug-likeness (QED) is 0.798. The Morgan fingerprint density at radius 2 is 2.15 bits per heavy atom. The highest BCUT2D eigenvalue weighted by molar-refractivity contribution is 9.10. The Labute approximate surface area is 126 Å². The normalized spacial score (nSPS) is 11.8. The topological polar surface area (TPSA) is 75.6 Å². The summed E-state index contributed by atoms with van der Waals surface area (Å²) in [7, 11) is 1.54. The Bertz CT molecular complexity index is 490. The molecule has 5 nitrogen and oxygen atoms in total. The molecule has 0 aliphatic rings. The van der Waals surface area contributed by atoms with Crippen LogP contribution in [0.2, 0.25) is 0 Å². The number of rotatable bonds is 7. The van der Waals surface area contributed by atoms with E-state index in [-0.39, 0.29) is 18.4 Å². The third-order valence-corrected chi connectivity index (χ3v) is 3.51. The van der Waals surface area contributed by atoms with Gasteiger partial charge in [0.05, 0.1) is 12.7 Å². The Morgan fingerprint density at radius 1 is 1.45 bits per heavy atom. The van der Waals surface area contributed by atoms with Crippen molar-refractivity contribution in [1.82, 2.24) is 5.32 Å². The van der Waals surface area contributed by atoms with Gasteiger partial charge in [-0.1, -0.05) is 0 Å². The summed E-state index contributed by atoms with van der Waals surface area (Å²) in [6.07, 6.45) is 1.28. The predicted octanol–water partition coefficient (Wildman–Crippen LogP) is 2.83. The van der Waals surface area contributed by atoms with Crippen LogP contribution in [0.5, 0.6) is 5.75 Å². The van der Waals surface area contributed by atoms with Crippen LogP contribution in [0.15, 0.2) is 22.7 Å². The SMILES string of the molecule is COc1ccc(Br)c(C(=O)NC(C)CCCC(=O)O)c1. The van der Waals surface area contributed by atoms with Gasteiger partial charge in [-0.15, -0.1) is 0 Å². The first-order valence-electron chi connectivity index (χ1n) is 6.30. The molecule has 1 rings (SSSR count). The van der Waals surface area contributed by atoms with Gasteiger partial charge >= 0.3 is 5.97 Å². The average molecular weight is 344 g/mol. The second kappa shape index (κ2) is 7.89. The second-order valence-electron chi connectivity index (χ2n) is 4.51. The van der Waals surface area contributed by atoms with Gasteiger partial charge in [0.25, 0.3) is 5.91 Å².